The molecule has 0 bridgehead atoms. The molecular formula is C38H34N2S. The summed E-state index contributed by atoms with van der Waals surface area (Å²) in [5.74, 6) is 1.68. The Morgan fingerprint density at radius 2 is 1.32 bits per heavy atom. The van der Waals surface area contributed by atoms with Gasteiger partial charge in [0, 0.05) is 25.7 Å². The van der Waals surface area contributed by atoms with Gasteiger partial charge in [-0.3, -0.25) is 4.57 Å². The molecule has 2 aromatic heterocycles. The summed E-state index contributed by atoms with van der Waals surface area (Å²) in [7, 11) is 0. The van der Waals surface area contributed by atoms with E-state index in [0.717, 1.165) is 22.4 Å². The van der Waals surface area contributed by atoms with Crippen LogP contribution in [0.5, 0.6) is 0 Å². The van der Waals surface area contributed by atoms with E-state index in [9.17, 15) is 0 Å². The third-order valence-electron chi connectivity index (χ3n) is 8.19. The maximum Gasteiger partial charge on any atom is 0.145 e. The fourth-order valence-corrected chi connectivity index (χ4v) is 7.27. The Morgan fingerprint density at radius 3 is 2.05 bits per heavy atom. The van der Waals surface area contributed by atoms with Crippen LogP contribution in [0.25, 0.3) is 59.4 Å². The SMILES string of the molecule is Cc1ccc2c(c1)sc1ccc(-c3nc4ccccc4n3-c3c(C(C)C)cc(-c4ccccc4)cc3C(C)C)cc12. The molecular weight excluding hydrogens is 516 g/mol. The topological polar surface area (TPSA) is 17.8 Å². The van der Waals surface area contributed by atoms with Crippen molar-refractivity contribution in [1.82, 2.24) is 9.55 Å². The molecule has 0 saturated carbocycles. The maximum atomic E-state index is 5.29. The van der Waals surface area contributed by atoms with Gasteiger partial charge in [-0.1, -0.05) is 82.3 Å². The minimum atomic E-state index is 0.340. The van der Waals surface area contributed by atoms with Gasteiger partial charge in [0.1, 0.15) is 5.82 Å². The fraction of sp³-hybridized carbons (Fsp3) is 0.184. The molecule has 0 aliphatic rings. The predicted molar refractivity (Wildman–Crippen MR) is 178 cm³/mol. The van der Waals surface area contributed by atoms with Gasteiger partial charge in [0.25, 0.3) is 0 Å². The van der Waals surface area contributed by atoms with Gasteiger partial charge in [-0.2, -0.15) is 0 Å². The molecule has 0 saturated heterocycles. The van der Waals surface area contributed by atoms with E-state index in [1.165, 1.54) is 53.7 Å². The first kappa shape index (κ1) is 25.7. The molecule has 0 aliphatic heterocycles. The molecule has 2 nitrogen and oxygen atoms in total. The Kier molecular flexibility index (Phi) is 6.28. The van der Waals surface area contributed by atoms with Crippen molar-refractivity contribution >= 4 is 42.5 Å². The molecule has 0 amide bonds. The third-order valence-corrected chi connectivity index (χ3v) is 9.32. The zero-order chi connectivity index (χ0) is 28.2. The second kappa shape index (κ2) is 10.0. The molecule has 0 atom stereocenters. The van der Waals surface area contributed by atoms with Gasteiger partial charge in [0.05, 0.1) is 16.7 Å². The molecule has 5 aromatic carbocycles. The highest BCUT2D eigenvalue weighted by molar-refractivity contribution is 7.25. The lowest BCUT2D eigenvalue weighted by atomic mass is 9.88. The molecule has 3 heteroatoms. The number of fused-ring (bicyclic) bond motifs is 4. The van der Waals surface area contributed by atoms with Crippen LogP contribution in [-0.4, -0.2) is 9.55 Å². The molecule has 0 spiro atoms. The van der Waals surface area contributed by atoms with Crippen LogP contribution in [0.1, 0.15) is 56.2 Å². The average molecular weight is 551 g/mol. The smallest absolute Gasteiger partial charge is 0.145 e. The lowest BCUT2D eigenvalue weighted by Gasteiger charge is -2.24. The second-order valence-electron chi connectivity index (χ2n) is 11.8. The van der Waals surface area contributed by atoms with Crippen molar-refractivity contribution in [2.75, 3.05) is 0 Å². The van der Waals surface area contributed by atoms with Gasteiger partial charge in [-0.25, -0.2) is 4.98 Å². The van der Waals surface area contributed by atoms with E-state index in [1.807, 2.05) is 11.3 Å². The maximum absolute atomic E-state index is 5.29. The highest BCUT2D eigenvalue weighted by Gasteiger charge is 2.23. The molecule has 0 radical (unpaired) electrons. The summed E-state index contributed by atoms with van der Waals surface area (Å²) < 4.78 is 5.09. The van der Waals surface area contributed by atoms with Crippen molar-refractivity contribution in [3.05, 3.63) is 120 Å². The van der Waals surface area contributed by atoms with E-state index in [-0.39, 0.29) is 0 Å². The van der Waals surface area contributed by atoms with Crippen LogP contribution in [0.2, 0.25) is 0 Å². The Hall–Kier alpha value is -4.21. The minimum absolute atomic E-state index is 0.340. The number of hydrogen-bond donors (Lipinski definition) is 0. The van der Waals surface area contributed by atoms with E-state index in [1.54, 1.807) is 0 Å². The van der Waals surface area contributed by atoms with E-state index >= 15 is 0 Å². The fourth-order valence-electron chi connectivity index (χ4n) is 6.09. The molecule has 2 heterocycles. The Bertz CT molecular complexity index is 2030. The molecule has 41 heavy (non-hydrogen) atoms. The number of benzene rings is 5. The summed E-state index contributed by atoms with van der Waals surface area (Å²) in [4.78, 5) is 5.29. The molecule has 202 valence electrons. The van der Waals surface area contributed by atoms with Crippen molar-refractivity contribution in [1.29, 1.82) is 0 Å². The van der Waals surface area contributed by atoms with Crippen molar-refractivity contribution in [2.24, 2.45) is 0 Å². The highest BCUT2D eigenvalue weighted by Crippen LogP contribution is 2.42. The highest BCUT2D eigenvalue weighted by atomic mass is 32.1. The lowest BCUT2D eigenvalue weighted by Crippen LogP contribution is -2.09. The molecule has 0 N–H and O–H groups in total. The molecule has 0 fully saturated rings. The van der Waals surface area contributed by atoms with Crippen molar-refractivity contribution < 1.29 is 0 Å². The summed E-state index contributed by atoms with van der Waals surface area (Å²) in [5, 5.41) is 2.62. The minimum Gasteiger partial charge on any atom is -0.292 e. The number of hydrogen-bond acceptors (Lipinski definition) is 2. The predicted octanol–water partition coefficient (Wildman–Crippen LogP) is 11.3. The van der Waals surface area contributed by atoms with E-state index in [4.69, 9.17) is 4.98 Å². The van der Waals surface area contributed by atoms with E-state index in [2.05, 4.69) is 142 Å². The Balaban J connectivity index is 1.54. The first-order valence-corrected chi connectivity index (χ1v) is 15.3. The molecule has 7 rings (SSSR count). The van der Waals surface area contributed by atoms with Crippen LogP contribution in [0.15, 0.2) is 103 Å². The van der Waals surface area contributed by atoms with Crippen LogP contribution in [0.3, 0.4) is 0 Å². The summed E-state index contributed by atoms with van der Waals surface area (Å²) in [6.07, 6.45) is 0. The first-order chi connectivity index (χ1) is 19.9. The van der Waals surface area contributed by atoms with Crippen molar-refractivity contribution in [3.63, 3.8) is 0 Å². The van der Waals surface area contributed by atoms with Gasteiger partial charge >= 0.3 is 0 Å². The summed E-state index contributed by atoms with van der Waals surface area (Å²) >= 11 is 1.87. The quantitative estimate of drug-likeness (QED) is 0.208. The zero-order valence-electron chi connectivity index (χ0n) is 24.3. The van der Waals surface area contributed by atoms with Gasteiger partial charge in [-0.15, -0.1) is 11.3 Å². The second-order valence-corrected chi connectivity index (χ2v) is 12.8. The number of imidazole rings is 1. The van der Waals surface area contributed by atoms with Crippen LogP contribution in [0.4, 0.5) is 0 Å². The number of para-hydroxylation sites is 2. The van der Waals surface area contributed by atoms with E-state index < -0.39 is 0 Å². The van der Waals surface area contributed by atoms with Gasteiger partial charge in [-0.05, 0) is 95.1 Å². The molecule has 0 aliphatic carbocycles. The molecule has 0 unspecified atom stereocenters. The number of aryl methyl sites for hydroxylation is 1. The Morgan fingerprint density at radius 1 is 0.610 bits per heavy atom. The standard InChI is InChI=1S/C38H34N2S/c1-23(2)30-21-28(26-11-7-6-8-12-26)22-31(24(3)4)37(30)40-34-14-10-9-13-33(34)39-38(40)27-16-18-35-32(20-27)29-17-15-25(5)19-36(29)41-35/h6-24H,1-5H3. The zero-order valence-corrected chi connectivity index (χ0v) is 25.1. The van der Waals surface area contributed by atoms with Crippen LogP contribution < -0.4 is 0 Å². The van der Waals surface area contributed by atoms with E-state index in [0.29, 0.717) is 11.8 Å². The number of rotatable bonds is 5. The third kappa shape index (κ3) is 4.36. The van der Waals surface area contributed by atoms with Crippen LogP contribution in [-0.2, 0) is 0 Å². The lowest BCUT2D eigenvalue weighted by molar-refractivity contribution is 0.811. The van der Waals surface area contributed by atoms with Crippen LogP contribution in [0, 0.1) is 6.92 Å². The largest absolute Gasteiger partial charge is 0.292 e. The van der Waals surface area contributed by atoms with Gasteiger partial charge in [0.2, 0.25) is 0 Å². The molecule has 7 aromatic rings. The normalized spacial score (nSPS) is 12.0. The van der Waals surface area contributed by atoms with Crippen LogP contribution >= 0.6 is 11.3 Å². The number of aromatic nitrogens is 2. The van der Waals surface area contributed by atoms with Gasteiger partial charge < -0.3 is 0 Å². The number of nitrogens with zero attached hydrogens (tertiary/aromatic N) is 2. The summed E-state index contributed by atoms with van der Waals surface area (Å²) in [5.41, 5.74) is 11.1. The Labute approximate surface area is 245 Å². The van der Waals surface area contributed by atoms with Gasteiger partial charge in [0.15, 0.2) is 0 Å². The summed E-state index contributed by atoms with van der Waals surface area (Å²) in [6.45, 7) is 11.4. The number of thiophene rings is 1. The monoisotopic (exact) mass is 550 g/mol. The average Bonchev–Trinajstić information content (AvgIpc) is 3.54. The van der Waals surface area contributed by atoms with Crippen molar-refractivity contribution in [3.8, 4) is 28.2 Å². The summed E-state index contributed by atoms with van der Waals surface area (Å²) in [6, 6.07) is 37.8. The first-order valence-electron chi connectivity index (χ1n) is 14.5. The van der Waals surface area contributed by atoms with Crippen molar-refractivity contribution in [2.45, 2.75) is 46.5 Å².